The molecule has 94 valence electrons. The first-order valence-electron chi connectivity index (χ1n) is 5.42. The standard InChI is InChI=1S/C12H11BrFN3O/c1-3-8-10(14)12(16-6-15-8)18-9-5-4-7(2)17-11(9)13/h4-6H,3H2,1-2H3. The maximum Gasteiger partial charge on any atom is 0.259 e. The Morgan fingerprint density at radius 3 is 2.78 bits per heavy atom. The highest BCUT2D eigenvalue weighted by atomic mass is 79.9. The van der Waals surface area contributed by atoms with Crippen LogP contribution in [0.4, 0.5) is 4.39 Å². The van der Waals surface area contributed by atoms with Gasteiger partial charge in [-0.25, -0.2) is 9.97 Å². The second-order valence-corrected chi connectivity index (χ2v) is 4.39. The number of ether oxygens (including phenoxy) is 1. The molecule has 0 aliphatic heterocycles. The summed E-state index contributed by atoms with van der Waals surface area (Å²) in [6.45, 7) is 3.67. The molecule has 4 nitrogen and oxygen atoms in total. The number of aromatic nitrogens is 3. The van der Waals surface area contributed by atoms with Gasteiger partial charge in [-0.3, -0.25) is 0 Å². The van der Waals surface area contributed by atoms with Crippen LogP contribution in [0.3, 0.4) is 0 Å². The minimum atomic E-state index is -0.535. The molecule has 18 heavy (non-hydrogen) atoms. The molecule has 0 bridgehead atoms. The van der Waals surface area contributed by atoms with Crippen LogP contribution < -0.4 is 4.74 Å². The average Bonchev–Trinajstić information content (AvgIpc) is 2.35. The zero-order valence-electron chi connectivity index (χ0n) is 9.94. The minimum Gasteiger partial charge on any atom is -0.433 e. The van der Waals surface area contributed by atoms with Crippen molar-refractivity contribution >= 4 is 15.9 Å². The van der Waals surface area contributed by atoms with E-state index in [0.717, 1.165) is 5.69 Å². The van der Waals surface area contributed by atoms with Crippen molar-refractivity contribution in [2.45, 2.75) is 20.3 Å². The molecule has 0 fully saturated rings. The second-order valence-electron chi connectivity index (χ2n) is 3.64. The van der Waals surface area contributed by atoms with Crippen LogP contribution in [0.1, 0.15) is 18.3 Å². The molecular weight excluding hydrogens is 301 g/mol. The third-order valence-electron chi connectivity index (χ3n) is 2.32. The van der Waals surface area contributed by atoms with Crippen molar-refractivity contribution in [2.75, 3.05) is 0 Å². The normalized spacial score (nSPS) is 10.4. The van der Waals surface area contributed by atoms with Gasteiger partial charge in [0, 0.05) is 5.69 Å². The summed E-state index contributed by atoms with van der Waals surface area (Å²) in [6, 6.07) is 3.49. The van der Waals surface area contributed by atoms with Gasteiger partial charge in [0.05, 0.1) is 5.69 Å². The molecule has 0 aromatic carbocycles. The van der Waals surface area contributed by atoms with E-state index >= 15 is 0 Å². The summed E-state index contributed by atoms with van der Waals surface area (Å²) in [5, 5.41) is 0. The summed E-state index contributed by atoms with van der Waals surface area (Å²) in [4.78, 5) is 11.8. The van der Waals surface area contributed by atoms with Crippen LogP contribution in [-0.2, 0) is 6.42 Å². The number of hydrogen-bond donors (Lipinski definition) is 0. The number of pyridine rings is 1. The van der Waals surface area contributed by atoms with Gasteiger partial charge in [-0.1, -0.05) is 6.92 Å². The Labute approximate surface area is 112 Å². The van der Waals surface area contributed by atoms with Gasteiger partial charge < -0.3 is 4.74 Å². The molecule has 0 saturated carbocycles. The predicted octanol–water partition coefficient (Wildman–Crippen LogP) is 3.44. The Hall–Kier alpha value is -1.56. The predicted molar refractivity (Wildman–Crippen MR) is 68.1 cm³/mol. The fourth-order valence-corrected chi connectivity index (χ4v) is 1.89. The van der Waals surface area contributed by atoms with E-state index in [-0.39, 0.29) is 5.88 Å². The molecule has 6 heteroatoms. The number of halogens is 2. The van der Waals surface area contributed by atoms with Crippen LogP contribution in [0.25, 0.3) is 0 Å². The topological polar surface area (TPSA) is 47.9 Å². The molecule has 0 radical (unpaired) electrons. The van der Waals surface area contributed by atoms with E-state index in [9.17, 15) is 4.39 Å². The van der Waals surface area contributed by atoms with Crippen molar-refractivity contribution in [3.05, 3.63) is 40.3 Å². The zero-order chi connectivity index (χ0) is 13.1. The fraction of sp³-hybridized carbons (Fsp3) is 0.250. The monoisotopic (exact) mass is 311 g/mol. The van der Waals surface area contributed by atoms with Crippen molar-refractivity contribution in [3.8, 4) is 11.6 Å². The van der Waals surface area contributed by atoms with Gasteiger partial charge in [-0.2, -0.15) is 9.37 Å². The molecule has 0 amide bonds. The van der Waals surface area contributed by atoms with Crippen LogP contribution in [0.5, 0.6) is 11.6 Å². The third kappa shape index (κ3) is 2.64. The van der Waals surface area contributed by atoms with E-state index in [1.807, 2.05) is 13.8 Å². The highest BCUT2D eigenvalue weighted by Crippen LogP contribution is 2.28. The van der Waals surface area contributed by atoms with Crippen molar-refractivity contribution in [2.24, 2.45) is 0 Å². The summed E-state index contributed by atoms with van der Waals surface area (Å²) in [6.07, 6.45) is 1.77. The Morgan fingerprint density at radius 2 is 2.11 bits per heavy atom. The molecular formula is C12H11BrFN3O. The molecule has 0 unspecified atom stereocenters. The molecule has 2 rings (SSSR count). The summed E-state index contributed by atoms with van der Waals surface area (Å²) in [7, 11) is 0. The number of nitrogens with zero attached hydrogens (tertiary/aromatic N) is 3. The second kappa shape index (κ2) is 5.39. The highest BCUT2D eigenvalue weighted by molar-refractivity contribution is 9.10. The maximum absolute atomic E-state index is 13.9. The highest BCUT2D eigenvalue weighted by Gasteiger charge is 2.13. The molecule has 2 heterocycles. The molecule has 2 aromatic rings. The van der Waals surface area contributed by atoms with Crippen molar-refractivity contribution in [3.63, 3.8) is 0 Å². The summed E-state index contributed by atoms with van der Waals surface area (Å²) in [5.74, 6) is -0.207. The Morgan fingerprint density at radius 1 is 1.33 bits per heavy atom. The molecule has 0 saturated heterocycles. The van der Waals surface area contributed by atoms with Gasteiger partial charge in [-0.05, 0) is 41.4 Å². The lowest BCUT2D eigenvalue weighted by molar-refractivity contribution is 0.411. The van der Waals surface area contributed by atoms with Crippen molar-refractivity contribution in [1.29, 1.82) is 0 Å². The lowest BCUT2D eigenvalue weighted by Gasteiger charge is -2.08. The van der Waals surface area contributed by atoms with E-state index in [2.05, 4.69) is 30.9 Å². The van der Waals surface area contributed by atoms with Gasteiger partial charge >= 0.3 is 0 Å². The first kappa shape index (κ1) is 12.9. The lowest BCUT2D eigenvalue weighted by Crippen LogP contribution is -2.00. The van der Waals surface area contributed by atoms with Crippen LogP contribution in [0.2, 0.25) is 0 Å². The Kier molecular flexibility index (Phi) is 3.86. The first-order chi connectivity index (χ1) is 8.61. The smallest absolute Gasteiger partial charge is 0.259 e. The largest absolute Gasteiger partial charge is 0.433 e. The van der Waals surface area contributed by atoms with Crippen molar-refractivity contribution < 1.29 is 9.13 Å². The number of aryl methyl sites for hydroxylation is 2. The molecule has 0 aliphatic rings. The summed E-state index contributed by atoms with van der Waals surface area (Å²) < 4.78 is 19.8. The summed E-state index contributed by atoms with van der Waals surface area (Å²) >= 11 is 3.26. The van der Waals surface area contributed by atoms with Gasteiger partial charge in [0.15, 0.2) is 5.75 Å². The molecule has 2 aromatic heterocycles. The lowest BCUT2D eigenvalue weighted by atomic mass is 10.3. The van der Waals surface area contributed by atoms with Crippen molar-refractivity contribution in [1.82, 2.24) is 15.0 Å². The molecule has 0 aliphatic carbocycles. The van der Waals surface area contributed by atoms with Crippen LogP contribution in [-0.4, -0.2) is 15.0 Å². The van der Waals surface area contributed by atoms with Crippen LogP contribution in [0.15, 0.2) is 23.1 Å². The number of hydrogen-bond acceptors (Lipinski definition) is 4. The van der Waals surface area contributed by atoms with E-state index in [1.54, 1.807) is 12.1 Å². The third-order valence-corrected chi connectivity index (χ3v) is 2.89. The van der Waals surface area contributed by atoms with E-state index in [1.165, 1.54) is 6.33 Å². The molecule has 0 spiro atoms. The summed E-state index contributed by atoms with van der Waals surface area (Å²) in [5.41, 5.74) is 1.17. The van der Waals surface area contributed by atoms with E-state index < -0.39 is 5.82 Å². The van der Waals surface area contributed by atoms with Gasteiger partial charge in [0.2, 0.25) is 5.82 Å². The van der Waals surface area contributed by atoms with E-state index in [0.29, 0.717) is 22.5 Å². The van der Waals surface area contributed by atoms with Crippen LogP contribution >= 0.6 is 15.9 Å². The zero-order valence-corrected chi connectivity index (χ0v) is 11.5. The Bertz CT molecular complexity index is 577. The Balaban J connectivity index is 2.34. The maximum atomic E-state index is 13.9. The van der Waals surface area contributed by atoms with Gasteiger partial charge in [0.25, 0.3) is 5.88 Å². The van der Waals surface area contributed by atoms with Gasteiger partial charge in [-0.15, -0.1) is 0 Å². The number of rotatable bonds is 3. The minimum absolute atomic E-state index is 0.0896. The van der Waals surface area contributed by atoms with Gasteiger partial charge in [0.1, 0.15) is 10.9 Å². The molecule has 0 N–H and O–H groups in total. The molecule has 0 atom stereocenters. The SMILES string of the molecule is CCc1ncnc(Oc2ccc(C)nc2Br)c1F. The first-order valence-corrected chi connectivity index (χ1v) is 6.21. The fourth-order valence-electron chi connectivity index (χ4n) is 1.40. The van der Waals surface area contributed by atoms with E-state index in [4.69, 9.17) is 4.74 Å². The van der Waals surface area contributed by atoms with Crippen LogP contribution in [0, 0.1) is 12.7 Å². The average molecular weight is 312 g/mol. The quantitative estimate of drug-likeness (QED) is 0.815.